The van der Waals surface area contributed by atoms with E-state index in [1.807, 2.05) is 12.1 Å². The molecule has 154 valence electrons. The first-order valence-corrected chi connectivity index (χ1v) is 9.50. The average Bonchev–Trinajstić information content (AvgIpc) is 2.99. The van der Waals surface area contributed by atoms with Gasteiger partial charge in [0.15, 0.2) is 5.78 Å². The zero-order valence-electron chi connectivity index (χ0n) is 16.4. The minimum Gasteiger partial charge on any atom is -0.463 e. The van der Waals surface area contributed by atoms with Crippen LogP contribution in [-0.4, -0.2) is 25.0 Å². The maximum Gasteiger partial charge on any atom is 0.387 e. The highest BCUT2D eigenvalue weighted by molar-refractivity contribution is 6.23. The van der Waals surface area contributed by atoms with Crippen LogP contribution in [0.3, 0.4) is 0 Å². The molecule has 1 aliphatic heterocycles. The number of benzene rings is 2. The van der Waals surface area contributed by atoms with E-state index in [2.05, 4.69) is 10.1 Å². The number of esters is 1. The largest absolute Gasteiger partial charge is 0.463 e. The smallest absolute Gasteiger partial charge is 0.387 e. The molecule has 0 amide bonds. The van der Waals surface area contributed by atoms with Crippen molar-refractivity contribution in [1.29, 1.82) is 0 Å². The third-order valence-corrected chi connectivity index (χ3v) is 5.18. The zero-order valence-corrected chi connectivity index (χ0v) is 16.4. The van der Waals surface area contributed by atoms with Crippen LogP contribution < -0.4 is 10.1 Å². The first kappa shape index (κ1) is 19.8. The lowest BCUT2D eigenvalue weighted by atomic mass is 9.80. The van der Waals surface area contributed by atoms with Gasteiger partial charge in [0.25, 0.3) is 0 Å². The molecule has 0 aromatic heterocycles. The number of alkyl halides is 2. The predicted molar refractivity (Wildman–Crippen MR) is 106 cm³/mol. The number of fused-ring (bicyclic) bond motifs is 2. The molecule has 0 unspecified atom stereocenters. The second-order valence-corrected chi connectivity index (χ2v) is 6.93. The number of ketones is 1. The Labute approximate surface area is 172 Å². The van der Waals surface area contributed by atoms with E-state index >= 15 is 0 Å². The molecule has 1 N–H and O–H groups in total. The van der Waals surface area contributed by atoms with Crippen molar-refractivity contribution < 1.29 is 27.8 Å². The Morgan fingerprint density at radius 3 is 2.40 bits per heavy atom. The molecule has 0 saturated carbocycles. The summed E-state index contributed by atoms with van der Waals surface area (Å²) >= 11 is 0. The van der Waals surface area contributed by atoms with E-state index in [1.54, 1.807) is 38.1 Å². The lowest BCUT2D eigenvalue weighted by molar-refractivity contribution is -0.138. The molecule has 0 fully saturated rings. The van der Waals surface area contributed by atoms with Gasteiger partial charge in [0.2, 0.25) is 0 Å². The number of ether oxygens (including phenoxy) is 2. The van der Waals surface area contributed by atoms with Crippen LogP contribution in [0.5, 0.6) is 5.75 Å². The fourth-order valence-corrected chi connectivity index (χ4v) is 3.98. The summed E-state index contributed by atoms with van der Waals surface area (Å²) in [7, 11) is 0. The van der Waals surface area contributed by atoms with Crippen LogP contribution in [0.1, 0.15) is 41.3 Å². The number of carbonyl (C=O) groups excluding carboxylic acids is 2. The topological polar surface area (TPSA) is 64.6 Å². The lowest BCUT2D eigenvalue weighted by Gasteiger charge is -2.29. The summed E-state index contributed by atoms with van der Waals surface area (Å²) in [5, 5.41) is 3.21. The quantitative estimate of drug-likeness (QED) is 0.738. The molecule has 0 bridgehead atoms. The van der Waals surface area contributed by atoms with Gasteiger partial charge in [-0.2, -0.15) is 8.78 Å². The molecule has 2 aromatic rings. The van der Waals surface area contributed by atoms with E-state index in [9.17, 15) is 18.4 Å². The van der Waals surface area contributed by atoms with Crippen LogP contribution in [-0.2, 0) is 9.53 Å². The summed E-state index contributed by atoms with van der Waals surface area (Å²) in [4.78, 5) is 26.1. The molecule has 5 nitrogen and oxygen atoms in total. The monoisotopic (exact) mass is 411 g/mol. The van der Waals surface area contributed by atoms with Gasteiger partial charge in [0.1, 0.15) is 5.75 Å². The molecular formula is C23H19F2NO4. The number of hydrogen-bond donors (Lipinski definition) is 1. The van der Waals surface area contributed by atoms with Gasteiger partial charge in [-0.25, -0.2) is 4.79 Å². The molecule has 1 atom stereocenters. The minimum atomic E-state index is -2.94. The van der Waals surface area contributed by atoms with E-state index in [0.29, 0.717) is 33.7 Å². The Morgan fingerprint density at radius 2 is 1.77 bits per heavy atom. The molecular weight excluding hydrogens is 392 g/mol. The number of halogens is 2. The van der Waals surface area contributed by atoms with Gasteiger partial charge >= 0.3 is 12.6 Å². The van der Waals surface area contributed by atoms with Crippen molar-refractivity contribution in [3.05, 3.63) is 82.1 Å². The maximum atomic E-state index is 13.3. The van der Waals surface area contributed by atoms with E-state index < -0.39 is 18.5 Å². The number of hydrogen-bond acceptors (Lipinski definition) is 5. The Hall–Kier alpha value is -3.48. The summed E-state index contributed by atoms with van der Waals surface area (Å²) in [6, 6.07) is 13.2. The zero-order chi connectivity index (χ0) is 21.4. The van der Waals surface area contributed by atoms with Crippen LogP contribution in [0.4, 0.5) is 8.78 Å². The first-order chi connectivity index (χ1) is 14.4. The SMILES string of the molecule is CCOC(=O)C1=C(C)NC2=C(C(=O)c3ccccc32)[C@@H]1c1ccc(OC(F)F)cc1. The summed E-state index contributed by atoms with van der Waals surface area (Å²) < 4.78 is 34.7. The van der Waals surface area contributed by atoms with Crippen LogP contribution in [0, 0.1) is 0 Å². The average molecular weight is 411 g/mol. The summed E-state index contributed by atoms with van der Waals surface area (Å²) in [5.41, 5.74) is 3.91. The normalized spacial score (nSPS) is 17.6. The number of nitrogens with one attached hydrogen (secondary N) is 1. The van der Waals surface area contributed by atoms with Crippen molar-refractivity contribution >= 4 is 17.4 Å². The maximum absolute atomic E-state index is 13.3. The molecule has 0 radical (unpaired) electrons. The fourth-order valence-electron chi connectivity index (χ4n) is 3.98. The molecule has 4 rings (SSSR count). The highest BCUT2D eigenvalue weighted by Gasteiger charge is 2.42. The van der Waals surface area contributed by atoms with Gasteiger partial charge < -0.3 is 14.8 Å². The van der Waals surface area contributed by atoms with Crippen LogP contribution in [0.2, 0.25) is 0 Å². The number of Topliss-reactive ketones (excluding diaryl/α,β-unsaturated/α-hetero) is 1. The van der Waals surface area contributed by atoms with Crippen molar-refractivity contribution in [3.63, 3.8) is 0 Å². The Bertz CT molecular complexity index is 1090. The molecule has 7 heteroatoms. The third-order valence-electron chi connectivity index (χ3n) is 5.18. The van der Waals surface area contributed by atoms with E-state index in [-0.39, 0.29) is 18.1 Å². The number of carbonyl (C=O) groups is 2. The molecule has 1 aliphatic carbocycles. The summed E-state index contributed by atoms with van der Waals surface area (Å²) in [6.45, 7) is 0.704. The van der Waals surface area contributed by atoms with Crippen molar-refractivity contribution in [3.8, 4) is 5.75 Å². The van der Waals surface area contributed by atoms with Gasteiger partial charge in [-0.15, -0.1) is 0 Å². The molecule has 30 heavy (non-hydrogen) atoms. The fraction of sp³-hybridized carbons (Fsp3) is 0.217. The number of rotatable bonds is 5. The van der Waals surface area contributed by atoms with Crippen LogP contribution >= 0.6 is 0 Å². The Kier molecular flexibility index (Phi) is 5.11. The second kappa shape index (κ2) is 7.74. The van der Waals surface area contributed by atoms with Crippen molar-refractivity contribution in [1.82, 2.24) is 5.32 Å². The lowest BCUT2D eigenvalue weighted by Crippen LogP contribution is -2.29. The standard InChI is InChI=1S/C23H19F2NO4/c1-3-29-22(28)17-12(2)26-20-15-6-4-5-7-16(15)21(27)19(20)18(17)13-8-10-14(11-9-13)30-23(24)25/h4-11,18,23,26H,3H2,1-2H3/t18-/m1/s1. The molecule has 0 spiro atoms. The van der Waals surface area contributed by atoms with Gasteiger partial charge in [0, 0.05) is 28.3 Å². The second-order valence-electron chi connectivity index (χ2n) is 6.93. The van der Waals surface area contributed by atoms with Gasteiger partial charge in [-0.3, -0.25) is 4.79 Å². The highest BCUT2D eigenvalue weighted by atomic mass is 19.3. The Balaban J connectivity index is 1.84. The summed E-state index contributed by atoms with van der Waals surface area (Å²) in [5.74, 6) is -1.41. The molecule has 0 saturated heterocycles. The minimum absolute atomic E-state index is 0.00342. The van der Waals surface area contributed by atoms with Crippen molar-refractivity contribution in [2.24, 2.45) is 0 Å². The first-order valence-electron chi connectivity index (χ1n) is 9.50. The molecule has 2 aromatic carbocycles. The van der Waals surface area contributed by atoms with Gasteiger partial charge in [0.05, 0.1) is 17.9 Å². The van der Waals surface area contributed by atoms with Gasteiger partial charge in [-0.05, 0) is 31.5 Å². The van der Waals surface area contributed by atoms with E-state index in [4.69, 9.17) is 4.74 Å². The Morgan fingerprint density at radius 1 is 1.10 bits per heavy atom. The number of allylic oxidation sites excluding steroid dienone is 2. The molecule has 1 heterocycles. The van der Waals surface area contributed by atoms with Crippen LogP contribution in [0.15, 0.2) is 65.4 Å². The van der Waals surface area contributed by atoms with Crippen LogP contribution in [0.25, 0.3) is 5.70 Å². The van der Waals surface area contributed by atoms with Crippen molar-refractivity contribution in [2.75, 3.05) is 6.61 Å². The van der Waals surface area contributed by atoms with Crippen molar-refractivity contribution in [2.45, 2.75) is 26.4 Å². The highest BCUT2D eigenvalue weighted by Crippen LogP contribution is 2.46. The summed E-state index contributed by atoms with van der Waals surface area (Å²) in [6.07, 6.45) is 0. The molecule has 2 aliphatic rings. The van der Waals surface area contributed by atoms with E-state index in [0.717, 1.165) is 5.56 Å². The van der Waals surface area contributed by atoms with E-state index in [1.165, 1.54) is 12.1 Å². The number of dihydropyridines is 1. The third kappa shape index (κ3) is 3.26. The predicted octanol–water partition coefficient (Wildman–Crippen LogP) is 4.42. The van der Waals surface area contributed by atoms with Gasteiger partial charge in [-0.1, -0.05) is 36.4 Å².